The molecule has 1 fully saturated rings. The van der Waals surface area contributed by atoms with Crippen LogP contribution in [0.15, 0.2) is 17.4 Å². The van der Waals surface area contributed by atoms with Crippen LogP contribution in [0.25, 0.3) is 11.0 Å². The van der Waals surface area contributed by atoms with Crippen molar-refractivity contribution in [2.24, 2.45) is 0 Å². The van der Waals surface area contributed by atoms with E-state index in [-0.39, 0.29) is 12.8 Å². The van der Waals surface area contributed by atoms with E-state index in [1.807, 2.05) is 23.1 Å². The number of aliphatic hydroxyl groups is 2. The van der Waals surface area contributed by atoms with Crippen molar-refractivity contribution in [3.63, 3.8) is 0 Å². The minimum atomic E-state index is -0.679. The average molecular weight is 296 g/mol. The molecule has 2 aromatic rings. The summed E-state index contributed by atoms with van der Waals surface area (Å²) in [6.07, 6.45) is 2.51. The van der Waals surface area contributed by atoms with Crippen LogP contribution in [-0.4, -0.2) is 49.8 Å². The molecular weight excluding hydrogens is 280 g/mol. The van der Waals surface area contributed by atoms with Crippen LogP contribution in [-0.2, 0) is 4.74 Å². The molecule has 0 amide bonds. The molecule has 20 heavy (non-hydrogen) atoms. The average Bonchev–Trinajstić information content (AvgIpc) is 3.01. The van der Waals surface area contributed by atoms with Gasteiger partial charge in [-0.25, -0.2) is 9.97 Å². The highest BCUT2D eigenvalue weighted by molar-refractivity contribution is 7.98. The molecule has 0 aromatic carbocycles. The molecular formula is C12H16N4O3S. The van der Waals surface area contributed by atoms with Crippen LogP contribution in [0, 0.1) is 0 Å². The Morgan fingerprint density at radius 1 is 1.55 bits per heavy atom. The fourth-order valence-electron chi connectivity index (χ4n) is 2.41. The molecule has 0 spiro atoms. The molecule has 3 rings (SSSR count). The van der Waals surface area contributed by atoms with Crippen molar-refractivity contribution in [1.82, 2.24) is 14.5 Å². The molecule has 0 radical (unpaired) electrons. The molecule has 0 saturated carbocycles. The van der Waals surface area contributed by atoms with Crippen molar-refractivity contribution in [3.05, 3.63) is 12.3 Å². The predicted octanol–water partition coefficient (Wildman–Crippen LogP) is 0.376. The number of nitrogens with two attached hydrogens (primary N) is 1. The number of fused-ring (bicyclic) bond motifs is 1. The maximum atomic E-state index is 9.83. The van der Waals surface area contributed by atoms with E-state index in [0.29, 0.717) is 23.0 Å². The summed E-state index contributed by atoms with van der Waals surface area (Å²) in [7, 11) is 0. The Bertz CT molecular complexity index is 632. The standard InChI is InChI=1S/C12H16N4O3S/c1-20-12-14-10(13)6-2-3-16(11(6)15-12)9-4-7(18)8(5-17)19-9/h2-3,7-9,17-18H,4-5H2,1H3,(H2,13,14,15)/t7-,8+,9+/m0/s1. The Morgan fingerprint density at radius 2 is 2.35 bits per heavy atom. The van der Waals surface area contributed by atoms with Crippen LogP contribution in [0.1, 0.15) is 12.6 Å². The molecule has 4 N–H and O–H groups in total. The number of hydrogen-bond acceptors (Lipinski definition) is 7. The van der Waals surface area contributed by atoms with Crippen LogP contribution in [0.3, 0.4) is 0 Å². The number of anilines is 1. The van der Waals surface area contributed by atoms with Crippen molar-refractivity contribution in [3.8, 4) is 0 Å². The molecule has 3 atom stereocenters. The minimum absolute atomic E-state index is 0.204. The Morgan fingerprint density at radius 3 is 3.00 bits per heavy atom. The summed E-state index contributed by atoms with van der Waals surface area (Å²) in [5.41, 5.74) is 6.60. The summed E-state index contributed by atoms with van der Waals surface area (Å²) in [6, 6.07) is 1.83. The Labute approximate surface area is 119 Å². The molecule has 0 bridgehead atoms. The number of rotatable bonds is 3. The van der Waals surface area contributed by atoms with E-state index in [9.17, 15) is 5.11 Å². The highest BCUT2D eigenvalue weighted by atomic mass is 32.2. The maximum absolute atomic E-state index is 9.83. The molecule has 7 nitrogen and oxygen atoms in total. The zero-order valence-electron chi connectivity index (χ0n) is 10.9. The van der Waals surface area contributed by atoms with Gasteiger partial charge in [0, 0.05) is 12.6 Å². The van der Waals surface area contributed by atoms with Gasteiger partial charge in [-0.15, -0.1) is 0 Å². The third-order valence-corrected chi connectivity index (χ3v) is 4.01. The first-order valence-electron chi connectivity index (χ1n) is 6.26. The number of aromatic nitrogens is 3. The van der Waals surface area contributed by atoms with Crippen LogP contribution >= 0.6 is 11.8 Å². The molecule has 0 unspecified atom stereocenters. The Kier molecular flexibility index (Phi) is 3.55. The minimum Gasteiger partial charge on any atom is -0.394 e. The molecule has 0 aliphatic carbocycles. The number of thioether (sulfide) groups is 1. The highest BCUT2D eigenvalue weighted by Crippen LogP contribution is 2.32. The largest absolute Gasteiger partial charge is 0.394 e. The van der Waals surface area contributed by atoms with Gasteiger partial charge in [-0.05, 0) is 12.3 Å². The lowest BCUT2D eigenvalue weighted by atomic mass is 10.2. The molecule has 2 aromatic heterocycles. The van der Waals surface area contributed by atoms with E-state index in [2.05, 4.69) is 9.97 Å². The van der Waals surface area contributed by atoms with Crippen molar-refractivity contribution >= 4 is 28.6 Å². The number of ether oxygens (including phenoxy) is 1. The molecule has 1 aliphatic heterocycles. The quantitative estimate of drug-likeness (QED) is 0.555. The van der Waals surface area contributed by atoms with Crippen molar-refractivity contribution in [2.45, 2.75) is 30.0 Å². The summed E-state index contributed by atoms with van der Waals surface area (Å²) in [5.74, 6) is 0.426. The van der Waals surface area contributed by atoms with Crippen molar-refractivity contribution < 1.29 is 14.9 Å². The lowest BCUT2D eigenvalue weighted by Crippen LogP contribution is -2.24. The van der Waals surface area contributed by atoms with Gasteiger partial charge >= 0.3 is 0 Å². The third kappa shape index (κ3) is 2.14. The molecule has 1 saturated heterocycles. The number of hydrogen-bond donors (Lipinski definition) is 3. The zero-order valence-corrected chi connectivity index (χ0v) is 11.7. The number of nitrogen functional groups attached to an aromatic ring is 1. The highest BCUT2D eigenvalue weighted by Gasteiger charge is 2.35. The van der Waals surface area contributed by atoms with Crippen molar-refractivity contribution in [1.29, 1.82) is 0 Å². The lowest BCUT2D eigenvalue weighted by molar-refractivity contribution is -0.0430. The normalized spacial score (nSPS) is 26.4. The zero-order chi connectivity index (χ0) is 14.3. The van der Waals surface area contributed by atoms with Gasteiger partial charge in [-0.2, -0.15) is 0 Å². The van der Waals surface area contributed by atoms with E-state index < -0.39 is 12.2 Å². The fourth-order valence-corrected chi connectivity index (χ4v) is 2.78. The third-order valence-electron chi connectivity index (χ3n) is 3.46. The van der Waals surface area contributed by atoms with E-state index in [0.717, 1.165) is 5.39 Å². The maximum Gasteiger partial charge on any atom is 0.191 e. The number of nitrogens with zero attached hydrogens (tertiary/aromatic N) is 3. The van der Waals surface area contributed by atoms with Crippen LogP contribution < -0.4 is 5.73 Å². The second-order valence-corrected chi connectivity index (χ2v) is 5.44. The van der Waals surface area contributed by atoms with Gasteiger partial charge in [0.25, 0.3) is 0 Å². The predicted molar refractivity (Wildman–Crippen MR) is 75.3 cm³/mol. The van der Waals surface area contributed by atoms with Gasteiger partial charge in [0.15, 0.2) is 5.16 Å². The first-order chi connectivity index (χ1) is 9.63. The van der Waals surface area contributed by atoms with Gasteiger partial charge in [-0.3, -0.25) is 0 Å². The van der Waals surface area contributed by atoms with E-state index in [4.69, 9.17) is 15.6 Å². The van der Waals surface area contributed by atoms with Crippen LogP contribution in [0.2, 0.25) is 0 Å². The monoisotopic (exact) mass is 296 g/mol. The molecule has 108 valence electrons. The smallest absolute Gasteiger partial charge is 0.191 e. The summed E-state index contributed by atoms with van der Waals surface area (Å²) in [5, 5.41) is 20.3. The van der Waals surface area contributed by atoms with Gasteiger partial charge < -0.3 is 25.3 Å². The second kappa shape index (κ2) is 5.21. The Balaban J connectivity index is 2.02. The molecule has 3 heterocycles. The van der Waals surface area contributed by atoms with E-state index in [1.165, 1.54) is 11.8 Å². The van der Waals surface area contributed by atoms with Crippen LogP contribution in [0.4, 0.5) is 5.82 Å². The SMILES string of the molecule is CSc1nc(N)c2ccn([C@H]3C[C@H](O)[C@@H](CO)O3)c2n1. The van der Waals surface area contributed by atoms with E-state index >= 15 is 0 Å². The molecule has 1 aliphatic rings. The first kappa shape index (κ1) is 13.6. The van der Waals surface area contributed by atoms with Gasteiger partial charge in [0.1, 0.15) is 23.8 Å². The molecule has 8 heteroatoms. The second-order valence-electron chi connectivity index (χ2n) is 4.67. The Hall–Kier alpha value is -1.35. The van der Waals surface area contributed by atoms with Gasteiger partial charge in [0.2, 0.25) is 0 Å². The van der Waals surface area contributed by atoms with Crippen molar-refractivity contribution in [2.75, 3.05) is 18.6 Å². The summed E-state index contributed by atoms with van der Waals surface area (Å²) < 4.78 is 7.47. The topological polar surface area (TPSA) is 106 Å². The van der Waals surface area contributed by atoms with Gasteiger partial charge in [0.05, 0.1) is 18.1 Å². The van der Waals surface area contributed by atoms with Crippen LogP contribution in [0.5, 0.6) is 0 Å². The number of aliphatic hydroxyl groups excluding tert-OH is 2. The van der Waals surface area contributed by atoms with Gasteiger partial charge in [-0.1, -0.05) is 11.8 Å². The fraction of sp³-hybridized carbons (Fsp3) is 0.500. The first-order valence-corrected chi connectivity index (χ1v) is 7.49. The summed E-state index contributed by atoms with van der Waals surface area (Å²) in [4.78, 5) is 8.64. The summed E-state index contributed by atoms with van der Waals surface area (Å²) in [6.45, 7) is -0.204. The summed E-state index contributed by atoms with van der Waals surface area (Å²) >= 11 is 1.41. The van der Waals surface area contributed by atoms with E-state index in [1.54, 1.807) is 0 Å². The lowest BCUT2D eigenvalue weighted by Gasteiger charge is -2.14.